The molecule has 0 aliphatic carbocycles. The lowest BCUT2D eigenvalue weighted by Crippen LogP contribution is -2.47. The smallest absolute Gasteiger partial charge is 0.217 e. The van der Waals surface area contributed by atoms with Gasteiger partial charge in [-0.15, -0.1) is 0 Å². The van der Waals surface area contributed by atoms with Crippen molar-refractivity contribution < 1.29 is 18.7 Å². The van der Waals surface area contributed by atoms with Gasteiger partial charge in [-0.1, -0.05) is 18.2 Å². The van der Waals surface area contributed by atoms with Crippen molar-refractivity contribution in [2.75, 3.05) is 20.8 Å². The summed E-state index contributed by atoms with van der Waals surface area (Å²) >= 11 is 0. The zero-order valence-corrected chi connectivity index (χ0v) is 16.8. The average molecular weight is 386 g/mol. The monoisotopic (exact) mass is 386 g/mol. The number of fused-ring (bicyclic) bond motifs is 1. The number of carbonyl (C=O) groups is 1. The van der Waals surface area contributed by atoms with E-state index in [1.165, 1.54) is 13.0 Å². The Morgan fingerprint density at radius 1 is 1.25 bits per heavy atom. The van der Waals surface area contributed by atoms with Crippen LogP contribution in [0.2, 0.25) is 0 Å². The molecule has 3 rings (SSSR count). The number of nitrogens with one attached hydrogen (secondary N) is 1. The van der Waals surface area contributed by atoms with Crippen LogP contribution in [0.15, 0.2) is 36.4 Å². The Balaban J connectivity index is 2.02. The molecule has 2 aromatic carbocycles. The Hall–Kier alpha value is -2.60. The van der Waals surface area contributed by atoms with E-state index in [-0.39, 0.29) is 23.8 Å². The number of methoxy groups -OCH3 is 2. The molecule has 28 heavy (non-hydrogen) atoms. The van der Waals surface area contributed by atoms with E-state index < -0.39 is 0 Å². The standard InChI is InChI=1S/C22H27FN2O3/c1-14(24-15(2)26)22-18-12-21(28-4)20(27-3)11-16(18)9-10-25(22)13-17-7-5-6-8-19(17)23/h5-8,11-12,14,22H,9-10,13H2,1-4H3,(H,24,26)/t14-,22-/m0/s1. The number of hydrogen-bond donors (Lipinski definition) is 1. The van der Waals surface area contributed by atoms with Crippen LogP contribution < -0.4 is 14.8 Å². The van der Waals surface area contributed by atoms with Gasteiger partial charge in [-0.2, -0.15) is 0 Å². The number of halogens is 1. The normalized spacial score (nSPS) is 17.5. The highest BCUT2D eigenvalue weighted by Gasteiger charge is 2.33. The largest absolute Gasteiger partial charge is 0.493 e. The Kier molecular flexibility index (Phi) is 6.19. The molecule has 2 aromatic rings. The first kappa shape index (κ1) is 20.1. The average Bonchev–Trinajstić information content (AvgIpc) is 2.67. The van der Waals surface area contributed by atoms with E-state index in [9.17, 15) is 9.18 Å². The number of nitrogens with zero attached hydrogens (tertiary/aromatic N) is 1. The summed E-state index contributed by atoms with van der Waals surface area (Å²) in [6.07, 6.45) is 0.813. The van der Waals surface area contributed by atoms with Gasteiger partial charge in [0.05, 0.1) is 20.3 Å². The summed E-state index contributed by atoms with van der Waals surface area (Å²) in [6, 6.07) is 10.5. The maximum absolute atomic E-state index is 14.3. The third kappa shape index (κ3) is 4.12. The van der Waals surface area contributed by atoms with Gasteiger partial charge in [-0.05, 0) is 42.7 Å². The lowest BCUT2D eigenvalue weighted by Gasteiger charge is -2.41. The van der Waals surface area contributed by atoms with Crippen LogP contribution in [0.1, 0.15) is 36.6 Å². The molecule has 1 aliphatic rings. The summed E-state index contributed by atoms with van der Waals surface area (Å²) in [7, 11) is 3.23. The van der Waals surface area contributed by atoms with Crippen LogP contribution in [0, 0.1) is 5.82 Å². The van der Waals surface area contributed by atoms with Crippen LogP contribution in [-0.4, -0.2) is 37.6 Å². The van der Waals surface area contributed by atoms with Crippen LogP contribution in [0.3, 0.4) is 0 Å². The first-order chi connectivity index (χ1) is 13.4. The third-order valence-electron chi connectivity index (χ3n) is 5.26. The highest BCUT2D eigenvalue weighted by atomic mass is 19.1. The molecule has 2 atom stereocenters. The molecule has 0 aromatic heterocycles. The van der Waals surface area contributed by atoms with Crippen molar-refractivity contribution >= 4 is 5.91 Å². The lowest BCUT2D eigenvalue weighted by atomic mass is 9.87. The summed E-state index contributed by atoms with van der Waals surface area (Å²) < 4.78 is 25.2. The van der Waals surface area contributed by atoms with Gasteiger partial charge in [-0.25, -0.2) is 4.39 Å². The molecule has 0 bridgehead atoms. The second kappa shape index (κ2) is 8.61. The molecule has 0 fully saturated rings. The van der Waals surface area contributed by atoms with Crippen LogP contribution in [-0.2, 0) is 17.8 Å². The molecule has 6 heteroatoms. The van der Waals surface area contributed by atoms with E-state index in [2.05, 4.69) is 10.2 Å². The second-order valence-electron chi connectivity index (χ2n) is 7.15. The Morgan fingerprint density at radius 2 is 1.93 bits per heavy atom. The zero-order valence-electron chi connectivity index (χ0n) is 16.8. The third-order valence-corrected chi connectivity index (χ3v) is 5.26. The molecule has 1 N–H and O–H groups in total. The highest BCUT2D eigenvalue weighted by molar-refractivity contribution is 5.73. The molecular formula is C22H27FN2O3. The van der Waals surface area contributed by atoms with Crippen molar-refractivity contribution in [2.24, 2.45) is 0 Å². The topological polar surface area (TPSA) is 50.8 Å². The Bertz CT molecular complexity index is 856. The first-order valence-corrected chi connectivity index (χ1v) is 9.44. The van der Waals surface area contributed by atoms with Gasteiger partial charge in [0, 0.05) is 31.6 Å². The predicted octanol–water partition coefficient (Wildman–Crippen LogP) is 3.47. The van der Waals surface area contributed by atoms with Gasteiger partial charge in [0.2, 0.25) is 5.91 Å². The lowest BCUT2D eigenvalue weighted by molar-refractivity contribution is -0.120. The van der Waals surface area contributed by atoms with Crippen molar-refractivity contribution in [3.05, 3.63) is 58.9 Å². The molecule has 5 nitrogen and oxygen atoms in total. The highest BCUT2D eigenvalue weighted by Crippen LogP contribution is 2.40. The molecule has 1 aliphatic heterocycles. The van der Waals surface area contributed by atoms with Gasteiger partial charge in [0.25, 0.3) is 0 Å². The number of benzene rings is 2. The fourth-order valence-electron chi connectivity index (χ4n) is 4.04. The number of amides is 1. The van der Waals surface area contributed by atoms with Gasteiger partial charge in [0.15, 0.2) is 11.5 Å². The van der Waals surface area contributed by atoms with Gasteiger partial charge >= 0.3 is 0 Å². The van der Waals surface area contributed by atoms with Crippen molar-refractivity contribution in [1.29, 1.82) is 0 Å². The van der Waals surface area contributed by atoms with Crippen molar-refractivity contribution in [1.82, 2.24) is 10.2 Å². The number of rotatable bonds is 6. The molecule has 0 saturated heterocycles. The van der Waals surface area contributed by atoms with E-state index >= 15 is 0 Å². The molecule has 150 valence electrons. The summed E-state index contributed by atoms with van der Waals surface area (Å²) in [5.41, 5.74) is 2.87. The minimum absolute atomic E-state index is 0.0917. The van der Waals surface area contributed by atoms with E-state index in [0.29, 0.717) is 23.6 Å². The minimum atomic E-state index is -0.216. The van der Waals surface area contributed by atoms with Crippen LogP contribution in [0.25, 0.3) is 0 Å². The van der Waals surface area contributed by atoms with Crippen LogP contribution in [0.4, 0.5) is 4.39 Å². The second-order valence-corrected chi connectivity index (χ2v) is 7.15. The Morgan fingerprint density at radius 3 is 2.57 bits per heavy atom. The number of carbonyl (C=O) groups excluding carboxylic acids is 1. The minimum Gasteiger partial charge on any atom is -0.493 e. The summed E-state index contributed by atoms with van der Waals surface area (Å²) in [5.74, 6) is 1.03. The summed E-state index contributed by atoms with van der Waals surface area (Å²) in [5, 5.41) is 3.00. The molecule has 0 saturated carbocycles. The molecular weight excluding hydrogens is 359 g/mol. The molecule has 0 radical (unpaired) electrons. The van der Waals surface area contributed by atoms with Crippen molar-refractivity contribution in [3.63, 3.8) is 0 Å². The summed E-state index contributed by atoms with van der Waals surface area (Å²) in [4.78, 5) is 13.9. The van der Waals surface area contributed by atoms with Gasteiger partial charge in [-0.3, -0.25) is 9.69 Å². The maximum atomic E-state index is 14.3. The van der Waals surface area contributed by atoms with E-state index in [1.54, 1.807) is 26.4 Å². The van der Waals surface area contributed by atoms with Crippen molar-refractivity contribution in [2.45, 2.75) is 38.9 Å². The molecule has 1 amide bonds. The van der Waals surface area contributed by atoms with E-state index in [1.807, 2.05) is 25.1 Å². The van der Waals surface area contributed by atoms with Crippen LogP contribution in [0.5, 0.6) is 11.5 Å². The maximum Gasteiger partial charge on any atom is 0.217 e. The molecule has 1 heterocycles. The predicted molar refractivity (Wildman–Crippen MR) is 106 cm³/mol. The van der Waals surface area contributed by atoms with Gasteiger partial charge < -0.3 is 14.8 Å². The first-order valence-electron chi connectivity index (χ1n) is 9.44. The van der Waals surface area contributed by atoms with Crippen LogP contribution >= 0.6 is 0 Å². The SMILES string of the molecule is COc1cc2c(cc1OC)[C@H]([C@H](C)NC(C)=O)N(Cc1ccccc1F)CC2. The number of hydrogen-bond acceptors (Lipinski definition) is 4. The van der Waals surface area contributed by atoms with E-state index in [4.69, 9.17) is 9.47 Å². The fraction of sp³-hybridized carbons (Fsp3) is 0.409. The quantitative estimate of drug-likeness (QED) is 0.826. The number of ether oxygens (including phenoxy) is 2. The van der Waals surface area contributed by atoms with Gasteiger partial charge in [0.1, 0.15) is 5.82 Å². The molecule has 0 unspecified atom stereocenters. The zero-order chi connectivity index (χ0) is 20.3. The fourth-order valence-corrected chi connectivity index (χ4v) is 4.04. The summed E-state index contributed by atoms with van der Waals surface area (Å²) in [6.45, 7) is 4.71. The molecule has 0 spiro atoms. The van der Waals surface area contributed by atoms with E-state index in [0.717, 1.165) is 24.1 Å². The van der Waals surface area contributed by atoms with Crippen molar-refractivity contribution in [3.8, 4) is 11.5 Å². The Labute approximate surface area is 165 Å².